The van der Waals surface area contributed by atoms with E-state index in [4.69, 9.17) is 16.3 Å². The fraction of sp³-hybridized carbons (Fsp3) is 0.444. The van der Waals surface area contributed by atoms with Gasteiger partial charge in [-0.2, -0.15) is 0 Å². The van der Waals surface area contributed by atoms with E-state index in [-0.39, 0.29) is 11.9 Å². The van der Waals surface area contributed by atoms with Crippen LogP contribution in [-0.2, 0) is 16.1 Å². The van der Waals surface area contributed by atoms with Gasteiger partial charge in [-0.3, -0.25) is 19.9 Å². The number of nitrogens with zero attached hydrogens (tertiary/aromatic N) is 4. The van der Waals surface area contributed by atoms with Crippen molar-refractivity contribution in [2.75, 3.05) is 34.4 Å². The summed E-state index contributed by atoms with van der Waals surface area (Å²) < 4.78 is 6.95. The number of hydrogen-bond acceptors (Lipinski definition) is 5. The third-order valence-electron chi connectivity index (χ3n) is 4.61. The molecular formula is C18H23ClN5O3+. The van der Waals surface area contributed by atoms with Crippen molar-refractivity contribution < 1.29 is 18.9 Å². The maximum Gasteiger partial charge on any atom is 0.390 e. The number of aliphatic imine (C=N–C) groups is 1. The van der Waals surface area contributed by atoms with Gasteiger partial charge in [0.15, 0.2) is 0 Å². The van der Waals surface area contributed by atoms with E-state index in [0.29, 0.717) is 36.5 Å². The molecule has 144 valence electrons. The predicted molar refractivity (Wildman–Crippen MR) is 102 cm³/mol. The second-order valence-corrected chi connectivity index (χ2v) is 6.90. The second kappa shape index (κ2) is 8.06. The normalized spacial score (nSPS) is 19.6. The number of carbonyl (C=O) groups excluding carboxylic acids is 2. The van der Waals surface area contributed by atoms with Crippen LogP contribution in [0.1, 0.15) is 12.0 Å². The fourth-order valence-electron chi connectivity index (χ4n) is 3.11. The van der Waals surface area contributed by atoms with Crippen molar-refractivity contribution in [1.82, 2.24) is 15.1 Å². The number of rotatable bonds is 6. The molecule has 1 unspecified atom stereocenters. The van der Waals surface area contributed by atoms with Crippen LogP contribution >= 0.6 is 11.6 Å². The van der Waals surface area contributed by atoms with Crippen LogP contribution in [0.4, 0.5) is 4.79 Å². The molecule has 2 aliphatic rings. The van der Waals surface area contributed by atoms with E-state index in [2.05, 4.69) is 10.3 Å². The van der Waals surface area contributed by atoms with Gasteiger partial charge >= 0.3 is 12.0 Å². The van der Waals surface area contributed by atoms with Crippen molar-refractivity contribution in [3.05, 3.63) is 34.9 Å². The first-order valence-corrected chi connectivity index (χ1v) is 9.06. The van der Waals surface area contributed by atoms with E-state index in [1.54, 1.807) is 14.2 Å². The summed E-state index contributed by atoms with van der Waals surface area (Å²) in [5.74, 6) is 0.718. The van der Waals surface area contributed by atoms with Crippen molar-refractivity contribution >= 4 is 35.3 Å². The van der Waals surface area contributed by atoms with Gasteiger partial charge in [-0.25, -0.2) is 9.37 Å². The average Bonchev–Trinajstić information content (AvgIpc) is 3.02. The number of benzene rings is 1. The van der Waals surface area contributed by atoms with Crippen LogP contribution in [0.2, 0.25) is 5.02 Å². The van der Waals surface area contributed by atoms with E-state index in [1.807, 2.05) is 28.8 Å². The third-order valence-corrected chi connectivity index (χ3v) is 4.86. The van der Waals surface area contributed by atoms with Gasteiger partial charge in [0.1, 0.15) is 0 Å². The second-order valence-electron chi connectivity index (χ2n) is 6.46. The van der Waals surface area contributed by atoms with E-state index in [9.17, 15) is 9.59 Å². The highest BCUT2D eigenvalue weighted by molar-refractivity contribution is 6.30. The lowest BCUT2D eigenvalue weighted by Crippen LogP contribution is -2.61. The van der Waals surface area contributed by atoms with E-state index in [1.165, 1.54) is 11.9 Å². The molecule has 0 aromatic heterocycles. The van der Waals surface area contributed by atoms with E-state index >= 15 is 0 Å². The molecule has 0 aliphatic carbocycles. The molecule has 2 aliphatic heterocycles. The summed E-state index contributed by atoms with van der Waals surface area (Å²) >= 11 is 5.97. The Morgan fingerprint density at radius 3 is 2.59 bits per heavy atom. The topological polar surface area (TPSA) is 77.2 Å². The number of hydrogen-bond donors (Lipinski definition) is 1. The van der Waals surface area contributed by atoms with Crippen LogP contribution < -0.4 is 5.32 Å². The van der Waals surface area contributed by atoms with Crippen molar-refractivity contribution in [3.8, 4) is 0 Å². The fourth-order valence-corrected chi connectivity index (χ4v) is 3.23. The predicted octanol–water partition coefficient (Wildman–Crippen LogP) is 1.14. The monoisotopic (exact) mass is 392 g/mol. The lowest BCUT2D eigenvalue weighted by atomic mass is 10.1. The lowest BCUT2D eigenvalue weighted by molar-refractivity contribution is -0.553. The van der Waals surface area contributed by atoms with Gasteiger partial charge in [0, 0.05) is 39.3 Å². The number of halogens is 1. The minimum absolute atomic E-state index is 0.292. The Bertz CT molecular complexity index is 806. The summed E-state index contributed by atoms with van der Waals surface area (Å²) in [6.45, 7) is 1.73. The molecule has 9 heteroatoms. The number of likely N-dealkylation sites (N-methyl/N-ethyl adjacent to an activating group) is 2. The first-order chi connectivity index (χ1) is 12.9. The number of amides is 3. The van der Waals surface area contributed by atoms with Crippen molar-refractivity contribution in [2.45, 2.75) is 19.0 Å². The molecular weight excluding hydrogens is 370 g/mol. The molecule has 0 radical (unpaired) electrons. The number of ether oxygens (including phenoxy) is 1. The Balaban J connectivity index is 1.91. The molecule has 1 aromatic rings. The zero-order valence-electron chi connectivity index (χ0n) is 15.6. The van der Waals surface area contributed by atoms with Crippen LogP contribution in [0.3, 0.4) is 0 Å². The zero-order chi connectivity index (χ0) is 19.6. The SMILES string of the molecule is COCCCNC1=[N+](Cc2ccc(Cl)cc2)C2C(=O)N(C)C(=O)N(C)C2=N1. The standard InChI is InChI=1S/C18H22ClN5O3/c1-22-15-14(16(25)23(2)18(22)26)24(11-12-5-7-13(19)8-6-12)17(21-15)20-9-4-10-27-3/h5-8,14H,4,9-11H2,1-3H3/p+1. The molecule has 1 N–H and O–H groups in total. The van der Waals surface area contributed by atoms with Gasteiger partial charge in [0.2, 0.25) is 11.9 Å². The Kier molecular flexibility index (Phi) is 5.76. The number of urea groups is 1. The zero-order valence-corrected chi connectivity index (χ0v) is 16.4. The third kappa shape index (κ3) is 3.81. The molecule has 1 fully saturated rings. The molecule has 8 nitrogen and oxygen atoms in total. The summed E-state index contributed by atoms with van der Waals surface area (Å²) in [6, 6.07) is 6.42. The van der Waals surface area contributed by atoms with Crippen LogP contribution in [0.25, 0.3) is 0 Å². The molecule has 1 saturated heterocycles. The number of imide groups is 1. The summed E-state index contributed by atoms with van der Waals surface area (Å²) in [6.07, 6.45) is 0.799. The van der Waals surface area contributed by atoms with Crippen LogP contribution in [0.5, 0.6) is 0 Å². The Morgan fingerprint density at radius 1 is 1.22 bits per heavy atom. The number of guanidine groups is 1. The van der Waals surface area contributed by atoms with E-state index in [0.717, 1.165) is 16.9 Å². The highest BCUT2D eigenvalue weighted by Crippen LogP contribution is 2.20. The number of amidine groups is 1. The Hall–Kier alpha value is -2.45. The molecule has 27 heavy (non-hydrogen) atoms. The van der Waals surface area contributed by atoms with Gasteiger partial charge in [-0.1, -0.05) is 28.7 Å². The average molecular weight is 393 g/mol. The molecule has 0 saturated carbocycles. The number of carbonyl (C=O) groups is 2. The first-order valence-electron chi connectivity index (χ1n) is 8.68. The van der Waals surface area contributed by atoms with Crippen molar-refractivity contribution in [1.29, 1.82) is 0 Å². The molecule has 1 aromatic carbocycles. The minimum atomic E-state index is -0.640. The molecule has 0 spiro atoms. The van der Waals surface area contributed by atoms with Crippen molar-refractivity contribution in [3.63, 3.8) is 0 Å². The van der Waals surface area contributed by atoms with Crippen molar-refractivity contribution in [2.24, 2.45) is 4.99 Å². The number of nitrogens with one attached hydrogen (secondary N) is 1. The van der Waals surface area contributed by atoms with Crippen LogP contribution in [0.15, 0.2) is 29.3 Å². The van der Waals surface area contributed by atoms with Crippen LogP contribution in [0, 0.1) is 0 Å². The minimum Gasteiger partial charge on any atom is -0.385 e. The Labute approximate surface area is 163 Å². The highest BCUT2D eigenvalue weighted by atomic mass is 35.5. The Morgan fingerprint density at radius 2 is 1.93 bits per heavy atom. The van der Waals surface area contributed by atoms with Gasteiger partial charge < -0.3 is 4.74 Å². The highest BCUT2D eigenvalue weighted by Gasteiger charge is 2.51. The molecule has 3 amide bonds. The summed E-state index contributed by atoms with van der Waals surface area (Å²) in [4.78, 5) is 32.2. The van der Waals surface area contributed by atoms with Gasteiger partial charge in [0.05, 0.1) is 13.1 Å². The molecule has 0 bridgehead atoms. The number of fused-ring (bicyclic) bond motifs is 1. The quantitative estimate of drug-likeness (QED) is 0.581. The number of methoxy groups -OCH3 is 1. The molecule has 1 atom stereocenters. The smallest absolute Gasteiger partial charge is 0.385 e. The van der Waals surface area contributed by atoms with Gasteiger partial charge in [-0.15, -0.1) is 0 Å². The van der Waals surface area contributed by atoms with Gasteiger partial charge in [-0.05, 0) is 17.7 Å². The maximum atomic E-state index is 12.8. The van der Waals surface area contributed by atoms with Gasteiger partial charge in [0.25, 0.3) is 5.91 Å². The molecule has 2 heterocycles. The summed E-state index contributed by atoms with van der Waals surface area (Å²) in [7, 11) is 4.77. The largest absolute Gasteiger partial charge is 0.390 e. The summed E-state index contributed by atoms with van der Waals surface area (Å²) in [5, 5.41) is 3.92. The van der Waals surface area contributed by atoms with Crippen LogP contribution in [-0.4, -0.2) is 78.5 Å². The lowest BCUT2D eigenvalue weighted by Gasteiger charge is -2.31. The maximum absolute atomic E-state index is 12.8. The van der Waals surface area contributed by atoms with E-state index < -0.39 is 6.04 Å². The summed E-state index contributed by atoms with van der Waals surface area (Å²) in [5.41, 5.74) is 0.988. The first kappa shape index (κ1) is 19.3. The molecule has 3 rings (SSSR count).